The highest BCUT2D eigenvalue weighted by Gasteiger charge is 2.41. The summed E-state index contributed by atoms with van der Waals surface area (Å²) in [7, 11) is 0. The summed E-state index contributed by atoms with van der Waals surface area (Å²) < 4.78 is 2.57. The number of rotatable bonds is 6. The molecule has 2 saturated carbocycles. The molecule has 1 N–H and O–H groups in total. The van der Waals surface area contributed by atoms with Crippen molar-refractivity contribution in [2.45, 2.75) is 37.0 Å². The van der Waals surface area contributed by atoms with Gasteiger partial charge < -0.3 is 5.32 Å². The Morgan fingerprint density at radius 1 is 1.58 bits per heavy atom. The summed E-state index contributed by atoms with van der Waals surface area (Å²) in [6.45, 7) is 1.66. The molecule has 0 radical (unpaired) electrons. The molecule has 0 unspecified atom stereocenters. The third-order valence-electron chi connectivity index (χ3n) is 3.95. The number of aromatic nitrogens is 2. The minimum absolute atomic E-state index is 0.0223. The molecule has 2 aliphatic carbocycles. The maximum atomic E-state index is 12.2. The molecule has 0 saturated heterocycles. The van der Waals surface area contributed by atoms with Gasteiger partial charge in [-0.3, -0.25) is 4.79 Å². The van der Waals surface area contributed by atoms with Crippen LogP contribution in [-0.4, -0.2) is 27.3 Å². The molecule has 0 amide bonds. The van der Waals surface area contributed by atoms with E-state index < -0.39 is 0 Å². The number of nitrogens with zero attached hydrogens (tertiary/aromatic N) is 2. The second kappa shape index (κ2) is 5.13. The SMILES string of the molecule is CSC1(CNc2cnn(CC3CC3)c(=O)c2Br)CC1. The summed E-state index contributed by atoms with van der Waals surface area (Å²) in [4.78, 5) is 12.2. The van der Waals surface area contributed by atoms with Crippen LogP contribution in [0, 0.1) is 5.92 Å². The van der Waals surface area contributed by atoms with Gasteiger partial charge in [-0.2, -0.15) is 16.9 Å². The quantitative estimate of drug-likeness (QED) is 0.862. The summed E-state index contributed by atoms with van der Waals surface area (Å²) in [6, 6.07) is 0. The van der Waals surface area contributed by atoms with Crippen molar-refractivity contribution in [3.63, 3.8) is 0 Å². The van der Waals surface area contributed by atoms with E-state index in [4.69, 9.17) is 0 Å². The highest BCUT2D eigenvalue weighted by atomic mass is 79.9. The first-order valence-corrected chi connectivity index (χ1v) is 8.70. The van der Waals surface area contributed by atoms with Crippen molar-refractivity contribution in [2.75, 3.05) is 18.1 Å². The fourth-order valence-electron chi connectivity index (χ4n) is 2.11. The molecule has 104 valence electrons. The van der Waals surface area contributed by atoms with E-state index in [0.29, 0.717) is 15.1 Å². The predicted octanol–water partition coefficient (Wildman–Crippen LogP) is 2.72. The first-order valence-electron chi connectivity index (χ1n) is 6.68. The summed E-state index contributed by atoms with van der Waals surface area (Å²) in [5, 5.41) is 7.63. The molecule has 6 heteroatoms. The van der Waals surface area contributed by atoms with Gasteiger partial charge in [0.05, 0.1) is 11.9 Å². The second-order valence-corrected chi connectivity index (χ2v) is 7.61. The van der Waals surface area contributed by atoms with Crippen LogP contribution in [0.25, 0.3) is 0 Å². The average molecular weight is 344 g/mol. The van der Waals surface area contributed by atoms with E-state index in [0.717, 1.165) is 18.8 Å². The lowest BCUT2D eigenvalue weighted by molar-refractivity contribution is 0.532. The standard InChI is InChI=1S/C13H18BrN3OS/c1-19-13(4-5-13)8-15-10-6-16-17(7-9-2-3-9)12(18)11(10)14/h6,9,15H,2-5,7-8H2,1H3. The van der Waals surface area contributed by atoms with Gasteiger partial charge in [-0.25, -0.2) is 4.68 Å². The number of anilines is 1. The molecule has 3 rings (SSSR count). The lowest BCUT2D eigenvalue weighted by atomic mass is 10.3. The van der Waals surface area contributed by atoms with Gasteiger partial charge >= 0.3 is 0 Å². The van der Waals surface area contributed by atoms with Crippen LogP contribution in [-0.2, 0) is 6.54 Å². The highest BCUT2D eigenvalue weighted by molar-refractivity contribution is 9.10. The average Bonchev–Trinajstić information content (AvgIpc) is 3.30. The van der Waals surface area contributed by atoms with Crippen molar-refractivity contribution in [2.24, 2.45) is 5.92 Å². The first-order chi connectivity index (χ1) is 9.13. The number of hydrogen-bond donors (Lipinski definition) is 1. The summed E-state index contributed by atoms with van der Waals surface area (Å²) in [6.07, 6.45) is 8.87. The zero-order valence-electron chi connectivity index (χ0n) is 11.0. The minimum atomic E-state index is -0.0223. The van der Waals surface area contributed by atoms with Gasteiger partial charge in [-0.15, -0.1) is 0 Å². The van der Waals surface area contributed by atoms with Gasteiger partial charge in [0.1, 0.15) is 4.47 Å². The Morgan fingerprint density at radius 3 is 2.89 bits per heavy atom. The van der Waals surface area contributed by atoms with E-state index in [1.165, 1.54) is 25.7 Å². The third-order valence-corrected chi connectivity index (χ3v) is 6.14. The zero-order valence-corrected chi connectivity index (χ0v) is 13.4. The van der Waals surface area contributed by atoms with Crippen molar-refractivity contribution in [1.29, 1.82) is 0 Å². The van der Waals surface area contributed by atoms with E-state index in [1.54, 1.807) is 10.9 Å². The number of hydrogen-bond acceptors (Lipinski definition) is 4. The summed E-state index contributed by atoms with van der Waals surface area (Å²) in [5.74, 6) is 0.655. The fraction of sp³-hybridized carbons (Fsp3) is 0.692. The Bertz CT molecular complexity index is 537. The maximum Gasteiger partial charge on any atom is 0.283 e. The molecule has 1 heterocycles. The molecule has 2 fully saturated rings. The lowest BCUT2D eigenvalue weighted by Crippen LogP contribution is -2.26. The second-order valence-electron chi connectivity index (χ2n) is 5.54. The number of halogens is 1. The molecular weight excluding hydrogens is 326 g/mol. The van der Waals surface area contributed by atoms with Crippen molar-refractivity contribution >= 4 is 33.4 Å². The Hall–Kier alpha value is -0.490. The molecule has 1 aromatic heterocycles. The predicted molar refractivity (Wildman–Crippen MR) is 82.9 cm³/mol. The molecule has 19 heavy (non-hydrogen) atoms. The molecule has 0 spiro atoms. The summed E-state index contributed by atoms with van der Waals surface area (Å²) >= 11 is 5.31. The van der Waals surface area contributed by atoms with Gasteiger partial charge in [0.25, 0.3) is 5.56 Å². The van der Waals surface area contributed by atoms with Crippen LogP contribution in [0.2, 0.25) is 0 Å². The molecule has 2 aliphatic rings. The van der Waals surface area contributed by atoms with Crippen LogP contribution in [0.15, 0.2) is 15.5 Å². The number of nitrogens with one attached hydrogen (secondary N) is 1. The Kier molecular flexibility index (Phi) is 3.64. The third kappa shape index (κ3) is 2.99. The van der Waals surface area contributed by atoms with Gasteiger partial charge in [0.2, 0.25) is 0 Å². The highest BCUT2D eigenvalue weighted by Crippen LogP contribution is 2.47. The molecular formula is C13H18BrN3OS. The smallest absolute Gasteiger partial charge is 0.283 e. The summed E-state index contributed by atoms with van der Waals surface area (Å²) in [5.41, 5.74) is 0.795. The van der Waals surface area contributed by atoms with E-state index in [-0.39, 0.29) is 5.56 Å². The van der Waals surface area contributed by atoms with Gasteiger partial charge in [0, 0.05) is 17.8 Å². The molecule has 0 atom stereocenters. The van der Waals surface area contributed by atoms with Crippen LogP contribution in [0.4, 0.5) is 5.69 Å². The van der Waals surface area contributed by atoms with E-state index in [2.05, 4.69) is 32.6 Å². The Balaban J connectivity index is 1.71. The zero-order chi connectivity index (χ0) is 13.5. The van der Waals surface area contributed by atoms with Crippen molar-refractivity contribution in [3.05, 3.63) is 21.0 Å². The van der Waals surface area contributed by atoms with E-state index >= 15 is 0 Å². The van der Waals surface area contributed by atoms with Gasteiger partial charge in [-0.05, 0) is 53.8 Å². The van der Waals surface area contributed by atoms with E-state index in [9.17, 15) is 4.79 Å². The van der Waals surface area contributed by atoms with Crippen LogP contribution in [0.1, 0.15) is 25.7 Å². The number of thioether (sulfide) groups is 1. The minimum Gasteiger partial charge on any atom is -0.381 e. The molecule has 0 aromatic carbocycles. The normalized spacial score (nSPS) is 20.3. The van der Waals surface area contributed by atoms with Gasteiger partial charge in [0.15, 0.2) is 0 Å². The lowest BCUT2D eigenvalue weighted by Gasteiger charge is -2.15. The topological polar surface area (TPSA) is 46.9 Å². The molecule has 4 nitrogen and oxygen atoms in total. The first kappa shape index (κ1) is 13.5. The van der Waals surface area contributed by atoms with Crippen molar-refractivity contribution < 1.29 is 0 Å². The van der Waals surface area contributed by atoms with Crippen molar-refractivity contribution in [3.8, 4) is 0 Å². The molecule has 0 bridgehead atoms. The Morgan fingerprint density at radius 2 is 2.32 bits per heavy atom. The van der Waals surface area contributed by atoms with Crippen LogP contribution in [0.3, 0.4) is 0 Å². The van der Waals surface area contributed by atoms with Crippen LogP contribution in [0.5, 0.6) is 0 Å². The monoisotopic (exact) mass is 343 g/mol. The fourth-order valence-corrected chi connectivity index (χ4v) is 3.29. The van der Waals surface area contributed by atoms with Crippen molar-refractivity contribution in [1.82, 2.24) is 9.78 Å². The Labute approximate surface area is 125 Å². The van der Waals surface area contributed by atoms with Crippen LogP contribution >= 0.6 is 27.7 Å². The van der Waals surface area contributed by atoms with E-state index in [1.807, 2.05) is 11.8 Å². The molecule has 1 aromatic rings. The van der Waals surface area contributed by atoms with Crippen LogP contribution < -0.4 is 10.9 Å². The maximum absolute atomic E-state index is 12.2. The molecule has 0 aliphatic heterocycles. The van der Waals surface area contributed by atoms with Gasteiger partial charge in [-0.1, -0.05) is 0 Å². The largest absolute Gasteiger partial charge is 0.381 e.